The molecule has 10 heteroatoms. The van der Waals surface area contributed by atoms with Gasteiger partial charge in [0.15, 0.2) is 11.0 Å². The number of carbonyl (C=O) groups excluding carboxylic acids is 2. The molecule has 2 aromatic carbocycles. The second kappa shape index (κ2) is 11.0. The average molecular weight is 529 g/mol. The number of hydrogen-bond acceptors (Lipinski definition) is 7. The molecule has 0 atom stereocenters. The fourth-order valence-corrected chi connectivity index (χ4v) is 6.22. The Balaban J connectivity index is 1.20. The van der Waals surface area contributed by atoms with Crippen LogP contribution in [0.3, 0.4) is 0 Å². The van der Waals surface area contributed by atoms with E-state index in [1.807, 2.05) is 54.1 Å². The van der Waals surface area contributed by atoms with Crippen molar-refractivity contribution in [1.82, 2.24) is 14.8 Å². The minimum atomic E-state index is -0.178. The number of thiophene rings is 1. The molecule has 186 valence electrons. The maximum Gasteiger partial charge on any atom is 0.255 e. The Hall–Kier alpha value is -3.94. The van der Waals surface area contributed by atoms with Crippen molar-refractivity contribution in [3.05, 3.63) is 76.2 Å². The van der Waals surface area contributed by atoms with Crippen LogP contribution in [-0.4, -0.2) is 32.3 Å². The predicted octanol–water partition coefficient (Wildman–Crippen LogP) is 5.28. The summed E-state index contributed by atoms with van der Waals surface area (Å²) in [6, 6.07) is 18.7. The molecule has 0 bridgehead atoms. The van der Waals surface area contributed by atoms with Gasteiger partial charge in [-0.05, 0) is 67.6 Å². The Morgan fingerprint density at radius 2 is 1.81 bits per heavy atom. The second-order valence-corrected chi connectivity index (χ2v) is 10.7. The molecule has 2 heterocycles. The van der Waals surface area contributed by atoms with Crippen molar-refractivity contribution in [2.24, 2.45) is 7.05 Å². The predicted molar refractivity (Wildman–Crippen MR) is 146 cm³/mol. The Morgan fingerprint density at radius 3 is 2.57 bits per heavy atom. The van der Waals surface area contributed by atoms with E-state index in [4.69, 9.17) is 0 Å². The number of rotatable bonds is 7. The van der Waals surface area contributed by atoms with Gasteiger partial charge in [0.1, 0.15) is 11.1 Å². The summed E-state index contributed by atoms with van der Waals surface area (Å²) in [6.07, 6.45) is 4.09. The molecule has 8 nitrogen and oxygen atoms in total. The fourth-order valence-electron chi connectivity index (χ4n) is 4.25. The highest BCUT2D eigenvalue weighted by Gasteiger charge is 2.22. The van der Waals surface area contributed by atoms with E-state index in [2.05, 4.69) is 26.9 Å². The number of hydrogen-bond donors (Lipinski definition) is 2. The van der Waals surface area contributed by atoms with Crippen LogP contribution in [-0.2, 0) is 24.7 Å². The highest BCUT2D eigenvalue weighted by Crippen LogP contribution is 2.37. The normalized spacial score (nSPS) is 12.4. The SMILES string of the molecule is Cn1c(SCC(=O)Nc2sc3c(c2C#N)CCCC3)nnc1-c1ccc(NC(=O)c2ccccc2)cc1. The molecule has 0 aliphatic heterocycles. The van der Waals surface area contributed by atoms with Crippen LogP contribution >= 0.6 is 23.1 Å². The number of nitrogens with zero attached hydrogens (tertiary/aromatic N) is 4. The van der Waals surface area contributed by atoms with E-state index < -0.39 is 0 Å². The Bertz CT molecular complexity index is 1490. The van der Waals surface area contributed by atoms with E-state index in [-0.39, 0.29) is 17.6 Å². The first kappa shape index (κ1) is 24.7. The van der Waals surface area contributed by atoms with Gasteiger partial charge in [-0.25, -0.2) is 0 Å². The van der Waals surface area contributed by atoms with Crippen molar-refractivity contribution >= 4 is 45.6 Å². The van der Waals surface area contributed by atoms with Crippen LogP contribution in [0.25, 0.3) is 11.4 Å². The second-order valence-electron chi connectivity index (χ2n) is 8.63. The number of nitriles is 1. The zero-order valence-corrected chi connectivity index (χ0v) is 21.8. The zero-order chi connectivity index (χ0) is 25.8. The van der Waals surface area contributed by atoms with E-state index in [9.17, 15) is 14.9 Å². The molecule has 0 unspecified atom stereocenters. The minimum absolute atomic E-state index is 0.157. The third-order valence-corrected chi connectivity index (χ3v) is 8.37. The van der Waals surface area contributed by atoms with E-state index >= 15 is 0 Å². The van der Waals surface area contributed by atoms with Gasteiger partial charge in [-0.15, -0.1) is 21.5 Å². The number of aryl methyl sites for hydroxylation is 1. The summed E-state index contributed by atoms with van der Waals surface area (Å²) < 4.78 is 1.83. The largest absolute Gasteiger partial charge is 0.322 e. The molecular formula is C27H24N6O2S2. The van der Waals surface area contributed by atoms with E-state index in [1.165, 1.54) is 28.0 Å². The van der Waals surface area contributed by atoms with E-state index in [1.54, 1.807) is 12.1 Å². The highest BCUT2D eigenvalue weighted by atomic mass is 32.2. The lowest BCUT2D eigenvalue weighted by Crippen LogP contribution is -2.14. The van der Waals surface area contributed by atoms with Crippen molar-refractivity contribution in [2.45, 2.75) is 30.8 Å². The summed E-state index contributed by atoms with van der Waals surface area (Å²) >= 11 is 2.81. The maximum atomic E-state index is 12.7. The molecule has 2 amide bonds. The third-order valence-electron chi connectivity index (χ3n) is 6.14. The topological polar surface area (TPSA) is 113 Å². The Labute approximate surface area is 222 Å². The first-order chi connectivity index (χ1) is 18.0. The summed E-state index contributed by atoms with van der Waals surface area (Å²) in [4.78, 5) is 26.2. The number of anilines is 2. The first-order valence-electron chi connectivity index (χ1n) is 11.9. The van der Waals surface area contributed by atoms with Gasteiger partial charge in [0.2, 0.25) is 5.91 Å². The number of benzene rings is 2. The van der Waals surface area contributed by atoms with Gasteiger partial charge in [-0.1, -0.05) is 30.0 Å². The summed E-state index contributed by atoms with van der Waals surface area (Å²) in [7, 11) is 1.85. The molecule has 1 aliphatic carbocycles. The van der Waals surface area contributed by atoms with Crippen LogP contribution in [0.15, 0.2) is 59.8 Å². The quantitative estimate of drug-likeness (QED) is 0.316. The summed E-state index contributed by atoms with van der Waals surface area (Å²) in [5.74, 6) is 0.461. The molecule has 5 rings (SSSR count). The first-order valence-corrected chi connectivity index (χ1v) is 13.7. The van der Waals surface area contributed by atoms with Crippen molar-refractivity contribution in [3.8, 4) is 17.5 Å². The molecule has 37 heavy (non-hydrogen) atoms. The van der Waals surface area contributed by atoms with Crippen molar-refractivity contribution in [1.29, 1.82) is 5.26 Å². The number of carbonyl (C=O) groups is 2. The lowest BCUT2D eigenvalue weighted by Gasteiger charge is -2.09. The highest BCUT2D eigenvalue weighted by molar-refractivity contribution is 7.99. The van der Waals surface area contributed by atoms with Gasteiger partial charge in [-0.3, -0.25) is 9.59 Å². The van der Waals surface area contributed by atoms with Gasteiger partial charge in [0.05, 0.1) is 11.3 Å². The van der Waals surface area contributed by atoms with Crippen LogP contribution < -0.4 is 10.6 Å². The van der Waals surface area contributed by atoms with Gasteiger partial charge < -0.3 is 15.2 Å². The zero-order valence-electron chi connectivity index (χ0n) is 20.2. The summed E-state index contributed by atoms with van der Waals surface area (Å²) in [6.45, 7) is 0. The molecule has 4 aromatic rings. The molecule has 0 spiro atoms. The van der Waals surface area contributed by atoms with Gasteiger partial charge in [-0.2, -0.15) is 5.26 Å². The summed E-state index contributed by atoms with van der Waals surface area (Å²) in [5.41, 5.74) is 3.82. The van der Waals surface area contributed by atoms with Gasteiger partial charge in [0.25, 0.3) is 5.91 Å². The fraction of sp³-hybridized carbons (Fsp3) is 0.222. The Morgan fingerprint density at radius 1 is 1.05 bits per heavy atom. The van der Waals surface area contributed by atoms with Crippen LogP contribution in [0.2, 0.25) is 0 Å². The van der Waals surface area contributed by atoms with E-state index in [0.717, 1.165) is 36.8 Å². The number of fused-ring (bicyclic) bond motifs is 1. The van der Waals surface area contributed by atoms with Crippen LogP contribution in [0, 0.1) is 11.3 Å². The number of aromatic nitrogens is 3. The van der Waals surface area contributed by atoms with Crippen LogP contribution in [0.5, 0.6) is 0 Å². The minimum Gasteiger partial charge on any atom is -0.322 e. The van der Waals surface area contributed by atoms with Gasteiger partial charge in [0, 0.05) is 28.7 Å². The molecule has 2 N–H and O–H groups in total. The molecule has 0 fully saturated rings. The molecule has 0 radical (unpaired) electrons. The molecule has 0 saturated heterocycles. The van der Waals surface area contributed by atoms with Crippen molar-refractivity contribution < 1.29 is 9.59 Å². The Kier molecular flexibility index (Phi) is 7.35. The average Bonchev–Trinajstić information content (AvgIpc) is 3.47. The lowest BCUT2D eigenvalue weighted by molar-refractivity contribution is -0.113. The number of nitrogens with one attached hydrogen (secondary N) is 2. The van der Waals surface area contributed by atoms with Crippen molar-refractivity contribution in [2.75, 3.05) is 16.4 Å². The van der Waals surface area contributed by atoms with Crippen LogP contribution in [0.4, 0.5) is 10.7 Å². The maximum absolute atomic E-state index is 12.7. The number of thioether (sulfide) groups is 1. The summed E-state index contributed by atoms with van der Waals surface area (Å²) in [5, 5.41) is 25.2. The molecule has 0 saturated carbocycles. The molecule has 1 aliphatic rings. The smallest absolute Gasteiger partial charge is 0.255 e. The molecular weight excluding hydrogens is 504 g/mol. The van der Waals surface area contributed by atoms with Gasteiger partial charge >= 0.3 is 0 Å². The van der Waals surface area contributed by atoms with E-state index in [0.29, 0.717) is 32.8 Å². The monoisotopic (exact) mass is 528 g/mol. The van der Waals surface area contributed by atoms with Crippen LogP contribution in [0.1, 0.15) is 39.2 Å². The third kappa shape index (κ3) is 5.43. The number of amides is 2. The molecule has 2 aromatic heterocycles. The lowest BCUT2D eigenvalue weighted by atomic mass is 9.96. The van der Waals surface area contributed by atoms with Crippen molar-refractivity contribution in [3.63, 3.8) is 0 Å². The standard InChI is InChI=1S/C27H24N6O2S2/c1-33-24(17-11-13-19(14-12-17)29-25(35)18-7-3-2-4-8-18)31-32-27(33)36-16-23(34)30-26-21(15-28)20-9-5-6-10-22(20)37-26/h2-4,7-8,11-14H,5-6,9-10,16H2,1H3,(H,29,35)(H,30,34).